The molecule has 1 fully saturated rings. The molecule has 0 aliphatic carbocycles. The number of nitrogens with zero attached hydrogens (tertiary/aromatic N) is 1. The Labute approximate surface area is 80.4 Å². The standard InChI is InChI=1S/C10H21NO2/c12-8-4-2-1-3-6-11-7-5-10(13)9-11/h10,12-13H,1-9H2/t10-/m0/s1. The van der Waals surface area contributed by atoms with E-state index < -0.39 is 0 Å². The van der Waals surface area contributed by atoms with Crippen LogP contribution in [0.4, 0.5) is 0 Å². The largest absolute Gasteiger partial charge is 0.396 e. The molecular formula is C10H21NO2. The minimum atomic E-state index is -0.0857. The van der Waals surface area contributed by atoms with Crippen LogP contribution < -0.4 is 0 Å². The molecule has 0 aromatic carbocycles. The summed E-state index contributed by atoms with van der Waals surface area (Å²) in [6, 6.07) is 0. The van der Waals surface area contributed by atoms with Crippen molar-refractivity contribution in [2.24, 2.45) is 0 Å². The lowest BCUT2D eigenvalue weighted by Crippen LogP contribution is -2.23. The van der Waals surface area contributed by atoms with Crippen LogP contribution in [0, 0.1) is 0 Å². The van der Waals surface area contributed by atoms with Gasteiger partial charge in [-0.2, -0.15) is 0 Å². The smallest absolute Gasteiger partial charge is 0.0679 e. The predicted octanol–water partition coefficient (Wildman–Crippen LogP) is 0.606. The molecule has 0 amide bonds. The van der Waals surface area contributed by atoms with Crippen LogP contribution in [-0.4, -0.2) is 47.5 Å². The molecule has 3 heteroatoms. The second-order valence-electron chi connectivity index (χ2n) is 3.88. The molecule has 0 aromatic heterocycles. The minimum Gasteiger partial charge on any atom is -0.396 e. The summed E-state index contributed by atoms with van der Waals surface area (Å²) in [5, 5.41) is 17.8. The fraction of sp³-hybridized carbons (Fsp3) is 1.00. The maximum absolute atomic E-state index is 9.27. The van der Waals surface area contributed by atoms with Gasteiger partial charge in [0.2, 0.25) is 0 Å². The molecule has 1 atom stereocenters. The van der Waals surface area contributed by atoms with Crippen molar-refractivity contribution in [3.05, 3.63) is 0 Å². The highest BCUT2D eigenvalue weighted by Crippen LogP contribution is 2.10. The molecule has 78 valence electrons. The summed E-state index contributed by atoms with van der Waals surface area (Å²) in [6.45, 7) is 3.35. The molecular weight excluding hydrogens is 166 g/mol. The number of hydrogen-bond acceptors (Lipinski definition) is 3. The van der Waals surface area contributed by atoms with Crippen LogP contribution in [0.1, 0.15) is 32.1 Å². The molecule has 1 rings (SSSR count). The number of likely N-dealkylation sites (tertiary alicyclic amines) is 1. The van der Waals surface area contributed by atoms with E-state index >= 15 is 0 Å². The lowest BCUT2D eigenvalue weighted by Gasteiger charge is -2.13. The van der Waals surface area contributed by atoms with Gasteiger partial charge >= 0.3 is 0 Å². The SMILES string of the molecule is OCCCCCCN1CC[C@H](O)C1. The summed E-state index contributed by atoms with van der Waals surface area (Å²) in [4.78, 5) is 2.32. The lowest BCUT2D eigenvalue weighted by molar-refractivity contribution is 0.175. The van der Waals surface area contributed by atoms with Gasteiger partial charge in [-0.3, -0.25) is 0 Å². The first kappa shape index (κ1) is 11.0. The van der Waals surface area contributed by atoms with Gasteiger partial charge in [0, 0.05) is 19.7 Å². The Morgan fingerprint density at radius 2 is 1.92 bits per heavy atom. The number of β-amino-alcohol motifs (C(OH)–C–C–N with tert-alkyl or cyclic N) is 1. The first-order valence-electron chi connectivity index (χ1n) is 5.34. The summed E-state index contributed by atoms with van der Waals surface area (Å²) in [5.74, 6) is 0. The molecule has 0 bridgehead atoms. The van der Waals surface area contributed by atoms with Gasteiger partial charge < -0.3 is 15.1 Å². The molecule has 1 aliphatic heterocycles. The van der Waals surface area contributed by atoms with Crippen molar-refractivity contribution in [3.63, 3.8) is 0 Å². The Balaban J connectivity index is 1.88. The molecule has 0 spiro atoms. The quantitative estimate of drug-likeness (QED) is 0.599. The van der Waals surface area contributed by atoms with Crippen molar-refractivity contribution < 1.29 is 10.2 Å². The topological polar surface area (TPSA) is 43.7 Å². The van der Waals surface area contributed by atoms with Crippen molar-refractivity contribution >= 4 is 0 Å². The summed E-state index contributed by atoms with van der Waals surface area (Å²) < 4.78 is 0. The number of rotatable bonds is 6. The van der Waals surface area contributed by atoms with Crippen LogP contribution in [0.3, 0.4) is 0 Å². The molecule has 3 nitrogen and oxygen atoms in total. The van der Waals surface area contributed by atoms with Gasteiger partial charge in [0.1, 0.15) is 0 Å². The van der Waals surface area contributed by atoms with Crippen molar-refractivity contribution in [1.29, 1.82) is 0 Å². The minimum absolute atomic E-state index is 0.0857. The summed E-state index contributed by atoms with van der Waals surface area (Å²) in [7, 11) is 0. The zero-order valence-electron chi connectivity index (χ0n) is 8.28. The van der Waals surface area contributed by atoms with E-state index in [1.807, 2.05) is 0 Å². The molecule has 0 aromatic rings. The Bertz CT molecular complexity index is 130. The molecule has 2 N–H and O–H groups in total. The lowest BCUT2D eigenvalue weighted by atomic mass is 10.2. The highest BCUT2D eigenvalue weighted by molar-refractivity contribution is 4.73. The zero-order chi connectivity index (χ0) is 9.52. The van der Waals surface area contributed by atoms with E-state index in [2.05, 4.69) is 4.90 Å². The average Bonchev–Trinajstić information content (AvgIpc) is 2.51. The predicted molar refractivity (Wildman–Crippen MR) is 52.6 cm³/mol. The Morgan fingerprint density at radius 3 is 2.54 bits per heavy atom. The van der Waals surface area contributed by atoms with E-state index in [0.29, 0.717) is 6.61 Å². The second kappa shape index (κ2) is 6.35. The number of aliphatic hydroxyl groups excluding tert-OH is 2. The molecule has 0 unspecified atom stereocenters. The Hall–Kier alpha value is -0.120. The molecule has 1 aliphatic rings. The van der Waals surface area contributed by atoms with Crippen molar-refractivity contribution in [1.82, 2.24) is 4.90 Å². The molecule has 1 heterocycles. The van der Waals surface area contributed by atoms with Crippen LogP contribution in [0.15, 0.2) is 0 Å². The second-order valence-corrected chi connectivity index (χ2v) is 3.88. The Kier molecular flexibility index (Phi) is 5.35. The van der Waals surface area contributed by atoms with Crippen LogP contribution in [0.25, 0.3) is 0 Å². The van der Waals surface area contributed by atoms with Gasteiger partial charge in [0.15, 0.2) is 0 Å². The van der Waals surface area contributed by atoms with E-state index in [1.165, 1.54) is 12.8 Å². The highest BCUT2D eigenvalue weighted by atomic mass is 16.3. The van der Waals surface area contributed by atoms with E-state index in [1.54, 1.807) is 0 Å². The van der Waals surface area contributed by atoms with Gasteiger partial charge in [0.05, 0.1) is 6.10 Å². The van der Waals surface area contributed by atoms with Crippen molar-refractivity contribution in [3.8, 4) is 0 Å². The molecule has 13 heavy (non-hydrogen) atoms. The summed E-state index contributed by atoms with van der Waals surface area (Å²) >= 11 is 0. The first-order chi connectivity index (χ1) is 6.33. The normalized spacial score (nSPS) is 24.0. The number of aliphatic hydroxyl groups is 2. The maximum atomic E-state index is 9.27. The van der Waals surface area contributed by atoms with E-state index in [9.17, 15) is 5.11 Å². The fourth-order valence-electron chi connectivity index (χ4n) is 1.82. The van der Waals surface area contributed by atoms with Crippen molar-refractivity contribution in [2.45, 2.75) is 38.2 Å². The molecule has 0 radical (unpaired) electrons. The fourth-order valence-corrected chi connectivity index (χ4v) is 1.82. The van der Waals surface area contributed by atoms with Crippen molar-refractivity contribution in [2.75, 3.05) is 26.2 Å². The highest BCUT2D eigenvalue weighted by Gasteiger charge is 2.18. The molecule has 0 saturated carbocycles. The van der Waals surface area contributed by atoms with Crippen LogP contribution in [-0.2, 0) is 0 Å². The van der Waals surface area contributed by atoms with Gasteiger partial charge in [-0.1, -0.05) is 12.8 Å². The van der Waals surface area contributed by atoms with Crippen LogP contribution in [0.5, 0.6) is 0 Å². The van der Waals surface area contributed by atoms with E-state index in [4.69, 9.17) is 5.11 Å². The van der Waals surface area contributed by atoms with E-state index in [0.717, 1.165) is 38.9 Å². The van der Waals surface area contributed by atoms with Gasteiger partial charge in [-0.25, -0.2) is 0 Å². The van der Waals surface area contributed by atoms with Gasteiger partial charge in [0.25, 0.3) is 0 Å². The van der Waals surface area contributed by atoms with Crippen LogP contribution in [0.2, 0.25) is 0 Å². The van der Waals surface area contributed by atoms with Gasteiger partial charge in [-0.05, 0) is 25.8 Å². The average molecular weight is 187 g/mol. The third-order valence-electron chi connectivity index (χ3n) is 2.63. The molecule has 1 saturated heterocycles. The number of hydrogen-bond donors (Lipinski definition) is 2. The maximum Gasteiger partial charge on any atom is 0.0679 e. The number of unbranched alkanes of at least 4 members (excludes halogenated alkanes) is 3. The van der Waals surface area contributed by atoms with E-state index in [-0.39, 0.29) is 6.10 Å². The Morgan fingerprint density at radius 1 is 1.15 bits per heavy atom. The monoisotopic (exact) mass is 187 g/mol. The first-order valence-corrected chi connectivity index (χ1v) is 5.34. The summed E-state index contributed by atoms with van der Waals surface area (Å²) in [5.41, 5.74) is 0. The van der Waals surface area contributed by atoms with Gasteiger partial charge in [-0.15, -0.1) is 0 Å². The van der Waals surface area contributed by atoms with Crippen LogP contribution >= 0.6 is 0 Å². The third kappa shape index (κ3) is 4.60. The summed E-state index contributed by atoms with van der Waals surface area (Å²) in [6.07, 6.45) is 5.32. The zero-order valence-corrected chi connectivity index (χ0v) is 8.28. The third-order valence-corrected chi connectivity index (χ3v) is 2.63.